The van der Waals surface area contributed by atoms with E-state index in [9.17, 15) is 4.79 Å². The van der Waals surface area contributed by atoms with Gasteiger partial charge in [0, 0.05) is 21.4 Å². The first-order chi connectivity index (χ1) is 13.0. The average molecular weight is 417 g/mol. The van der Waals surface area contributed by atoms with Gasteiger partial charge in [-0.1, -0.05) is 65.3 Å². The third-order valence-electron chi connectivity index (χ3n) is 4.10. The molecule has 0 amide bonds. The summed E-state index contributed by atoms with van der Waals surface area (Å²) in [5.74, 6) is 0.599. The van der Waals surface area contributed by atoms with Crippen LogP contribution in [-0.2, 0) is 5.75 Å². The lowest BCUT2D eigenvalue weighted by Gasteiger charge is -2.05. The predicted octanol–water partition coefficient (Wildman–Crippen LogP) is 4.99. The van der Waals surface area contributed by atoms with E-state index in [0.717, 1.165) is 22.4 Å². The molecule has 5 nitrogen and oxygen atoms in total. The molecule has 0 spiro atoms. The Bertz CT molecular complexity index is 1180. The number of benzene rings is 2. The van der Waals surface area contributed by atoms with Gasteiger partial charge in [-0.2, -0.15) is 9.61 Å². The molecular weight excluding hydrogens is 403 g/mol. The fourth-order valence-corrected chi connectivity index (χ4v) is 4.08. The van der Waals surface area contributed by atoms with Crippen molar-refractivity contribution in [3.8, 4) is 11.1 Å². The zero-order chi connectivity index (χ0) is 19.0. The minimum atomic E-state index is -0.329. The molecule has 2 aromatic carbocycles. The van der Waals surface area contributed by atoms with Gasteiger partial charge in [0.05, 0.1) is 5.69 Å². The van der Waals surface area contributed by atoms with Gasteiger partial charge in [-0.25, -0.2) is 9.78 Å². The smallest absolute Gasteiger partial charge is 0.285 e. The molecule has 0 aliphatic carbocycles. The van der Waals surface area contributed by atoms with E-state index in [-0.39, 0.29) is 5.69 Å². The number of hydrogen-bond donors (Lipinski definition) is 1. The van der Waals surface area contributed by atoms with Gasteiger partial charge in [0.2, 0.25) is 0 Å². The molecule has 136 valence electrons. The van der Waals surface area contributed by atoms with Crippen LogP contribution < -0.4 is 5.69 Å². The summed E-state index contributed by atoms with van der Waals surface area (Å²) in [6, 6.07) is 15.0. The van der Waals surface area contributed by atoms with Crippen LogP contribution in [0.4, 0.5) is 0 Å². The lowest BCUT2D eigenvalue weighted by atomic mass is 10.1. The van der Waals surface area contributed by atoms with E-state index in [0.29, 0.717) is 26.6 Å². The van der Waals surface area contributed by atoms with Crippen molar-refractivity contribution in [3.63, 3.8) is 0 Å². The Kier molecular flexibility index (Phi) is 4.95. The van der Waals surface area contributed by atoms with Crippen molar-refractivity contribution < 1.29 is 0 Å². The second-order valence-corrected chi connectivity index (χ2v) is 7.74. The van der Waals surface area contributed by atoms with Gasteiger partial charge in [0.15, 0.2) is 10.8 Å². The second-order valence-electron chi connectivity index (χ2n) is 5.93. The molecule has 4 aromatic rings. The van der Waals surface area contributed by atoms with Crippen molar-refractivity contribution in [2.24, 2.45) is 0 Å². The highest BCUT2D eigenvalue weighted by molar-refractivity contribution is 7.98. The molecule has 2 aromatic heterocycles. The number of halogens is 2. The van der Waals surface area contributed by atoms with Gasteiger partial charge < -0.3 is 0 Å². The number of hydrogen-bond acceptors (Lipinski definition) is 4. The average Bonchev–Trinajstić information content (AvgIpc) is 2.98. The first kappa shape index (κ1) is 18.1. The number of aryl methyl sites for hydroxylation is 1. The third kappa shape index (κ3) is 3.60. The van der Waals surface area contributed by atoms with Crippen molar-refractivity contribution in [3.05, 3.63) is 80.3 Å². The number of fused-ring (bicyclic) bond motifs is 1. The molecular formula is C19H14Cl2N4OS. The Balaban J connectivity index is 1.76. The van der Waals surface area contributed by atoms with E-state index < -0.39 is 0 Å². The number of aromatic amines is 1. The van der Waals surface area contributed by atoms with E-state index in [2.05, 4.69) is 15.1 Å². The number of H-pyrrole nitrogens is 1. The maximum Gasteiger partial charge on any atom is 0.350 e. The summed E-state index contributed by atoms with van der Waals surface area (Å²) in [5.41, 5.74) is 3.62. The number of rotatable bonds is 4. The van der Waals surface area contributed by atoms with Crippen LogP contribution in [0.3, 0.4) is 0 Å². The van der Waals surface area contributed by atoms with Crippen LogP contribution >= 0.6 is 35.0 Å². The summed E-state index contributed by atoms with van der Waals surface area (Å²) in [6.45, 7) is 1.86. The maximum atomic E-state index is 12.5. The molecule has 0 saturated heterocycles. The molecule has 27 heavy (non-hydrogen) atoms. The van der Waals surface area contributed by atoms with Gasteiger partial charge in [0.1, 0.15) is 0 Å². The van der Waals surface area contributed by atoms with E-state index in [1.165, 1.54) is 16.3 Å². The van der Waals surface area contributed by atoms with Crippen LogP contribution in [0.5, 0.6) is 0 Å². The summed E-state index contributed by atoms with van der Waals surface area (Å²) < 4.78 is 1.29. The van der Waals surface area contributed by atoms with E-state index in [1.54, 1.807) is 12.1 Å². The predicted molar refractivity (Wildman–Crippen MR) is 110 cm³/mol. The maximum absolute atomic E-state index is 12.5. The standard InChI is InChI=1S/C19H14Cl2N4OS/c1-11-16(12-6-8-14(20)9-7-12)17-22-18(23-19(26)25(17)24-11)27-10-13-4-2-3-5-15(13)21/h2-9H,10H2,1H3,(H,22,23,26). The normalized spacial score (nSPS) is 11.2. The largest absolute Gasteiger partial charge is 0.350 e. The van der Waals surface area contributed by atoms with Crippen molar-refractivity contribution in [2.45, 2.75) is 17.8 Å². The number of nitrogens with one attached hydrogen (secondary N) is 1. The molecule has 0 bridgehead atoms. The Morgan fingerprint density at radius 1 is 1.11 bits per heavy atom. The highest BCUT2D eigenvalue weighted by Crippen LogP contribution is 2.29. The van der Waals surface area contributed by atoms with E-state index >= 15 is 0 Å². The van der Waals surface area contributed by atoms with Crippen molar-refractivity contribution in [2.75, 3.05) is 0 Å². The van der Waals surface area contributed by atoms with Crippen LogP contribution in [0.2, 0.25) is 10.0 Å². The highest BCUT2D eigenvalue weighted by atomic mass is 35.5. The fraction of sp³-hybridized carbons (Fsp3) is 0.105. The van der Waals surface area contributed by atoms with Crippen molar-refractivity contribution in [1.82, 2.24) is 19.6 Å². The SMILES string of the molecule is Cc1nn2c(=O)[nH]c(SCc3ccccc3Cl)nc2c1-c1ccc(Cl)cc1. The molecule has 0 aliphatic heterocycles. The van der Waals surface area contributed by atoms with Gasteiger partial charge in [-0.05, 0) is 36.2 Å². The third-order valence-corrected chi connectivity index (χ3v) is 5.65. The van der Waals surface area contributed by atoms with Crippen LogP contribution in [-0.4, -0.2) is 19.6 Å². The van der Waals surface area contributed by atoms with E-state index in [1.807, 2.05) is 43.3 Å². The van der Waals surface area contributed by atoms with Crippen molar-refractivity contribution >= 4 is 40.6 Å². The zero-order valence-electron chi connectivity index (χ0n) is 14.2. The summed E-state index contributed by atoms with van der Waals surface area (Å²) in [7, 11) is 0. The molecule has 0 fully saturated rings. The second kappa shape index (κ2) is 7.38. The minimum Gasteiger partial charge on any atom is -0.285 e. The first-order valence-corrected chi connectivity index (χ1v) is 9.89. The number of thioether (sulfide) groups is 1. The fourth-order valence-electron chi connectivity index (χ4n) is 2.81. The molecule has 4 rings (SSSR count). The van der Waals surface area contributed by atoms with Crippen LogP contribution in [0, 0.1) is 6.92 Å². The molecule has 0 radical (unpaired) electrons. The summed E-state index contributed by atoms with van der Waals surface area (Å²) in [6.07, 6.45) is 0. The van der Waals surface area contributed by atoms with Gasteiger partial charge in [0.25, 0.3) is 0 Å². The minimum absolute atomic E-state index is 0.329. The number of nitrogens with zero attached hydrogens (tertiary/aromatic N) is 3. The molecule has 0 saturated carbocycles. The molecule has 2 heterocycles. The summed E-state index contributed by atoms with van der Waals surface area (Å²) in [4.78, 5) is 19.9. The topological polar surface area (TPSA) is 63.1 Å². The lowest BCUT2D eigenvalue weighted by Crippen LogP contribution is -2.19. The lowest BCUT2D eigenvalue weighted by molar-refractivity contribution is 0.780. The Morgan fingerprint density at radius 3 is 2.59 bits per heavy atom. The number of aromatic nitrogens is 4. The van der Waals surface area contributed by atoms with Gasteiger partial charge >= 0.3 is 5.69 Å². The van der Waals surface area contributed by atoms with Crippen LogP contribution in [0.15, 0.2) is 58.5 Å². The highest BCUT2D eigenvalue weighted by Gasteiger charge is 2.16. The quantitative estimate of drug-likeness (QED) is 0.475. The zero-order valence-corrected chi connectivity index (χ0v) is 16.6. The molecule has 0 unspecified atom stereocenters. The Labute approximate surface area is 169 Å². The van der Waals surface area contributed by atoms with Crippen LogP contribution in [0.1, 0.15) is 11.3 Å². The Hall–Kier alpha value is -2.28. The molecule has 0 aliphatic rings. The molecule has 1 N–H and O–H groups in total. The monoisotopic (exact) mass is 416 g/mol. The van der Waals surface area contributed by atoms with Crippen molar-refractivity contribution in [1.29, 1.82) is 0 Å². The molecule has 0 atom stereocenters. The van der Waals surface area contributed by atoms with Crippen LogP contribution in [0.25, 0.3) is 16.8 Å². The van der Waals surface area contributed by atoms with Gasteiger partial charge in [-0.3, -0.25) is 4.98 Å². The van der Waals surface area contributed by atoms with Gasteiger partial charge in [-0.15, -0.1) is 0 Å². The first-order valence-electron chi connectivity index (χ1n) is 8.15. The molecule has 8 heteroatoms. The van der Waals surface area contributed by atoms with E-state index in [4.69, 9.17) is 23.2 Å². The summed E-state index contributed by atoms with van der Waals surface area (Å²) in [5, 5.41) is 6.19. The summed E-state index contributed by atoms with van der Waals surface area (Å²) >= 11 is 13.6. The Morgan fingerprint density at radius 2 is 1.85 bits per heavy atom.